The second-order valence-corrected chi connectivity index (χ2v) is 8.59. The number of rotatable bonds is 21. The lowest BCUT2D eigenvalue weighted by molar-refractivity contribution is -0.205. The Kier molecular flexibility index (Phi) is 18.6. The number of ether oxygens (including phenoxy) is 1. The molecule has 0 spiro atoms. The third-order valence-electron chi connectivity index (χ3n) is 5.48. The van der Waals surface area contributed by atoms with Gasteiger partial charge in [0, 0.05) is 13.0 Å². The van der Waals surface area contributed by atoms with E-state index in [1.807, 2.05) is 0 Å². The molecule has 0 heterocycles. The Morgan fingerprint density at radius 2 is 1.27 bits per heavy atom. The summed E-state index contributed by atoms with van der Waals surface area (Å²) in [6.45, 7) is 2.28. The summed E-state index contributed by atoms with van der Waals surface area (Å²) in [4.78, 5) is 33.2. The van der Waals surface area contributed by atoms with E-state index in [1.54, 1.807) is 0 Å². The third-order valence-corrected chi connectivity index (χ3v) is 5.48. The predicted octanol–water partition coefficient (Wildman–Crippen LogP) is 6.31. The summed E-state index contributed by atoms with van der Waals surface area (Å²) in [5, 5.41) is 11.1. The number of amides is 1. The highest BCUT2D eigenvalue weighted by Crippen LogP contribution is 2.22. The van der Waals surface area contributed by atoms with Crippen LogP contribution in [0.3, 0.4) is 0 Å². The van der Waals surface area contributed by atoms with Crippen molar-refractivity contribution in [2.24, 2.45) is 0 Å². The number of halogens is 3. The minimum Gasteiger partial charge on any atom is -0.481 e. The molecule has 0 aliphatic rings. The van der Waals surface area contributed by atoms with E-state index in [4.69, 9.17) is 9.84 Å². The summed E-state index contributed by atoms with van der Waals surface area (Å²) in [6, 6.07) is 0. The molecular formula is C24H42F3NO5. The first-order valence-electron chi connectivity index (χ1n) is 12.4. The molecule has 0 aliphatic carbocycles. The molecule has 0 bridgehead atoms. The monoisotopic (exact) mass is 481 g/mol. The molecular weight excluding hydrogens is 439 g/mol. The van der Waals surface area contributed by atoms with Crippen LogP contribution < -0.4 is 5.32 Å². The number of alkyl halides is 3. The van der Waals surface area contributed by atoms with Crippen molar-refractivity contribution in [2.75, 3.05) is 6.54 Å². The van der Waals surface area contributed by atoms with Gasteiger partial charge in [0.25, 0.3) is 0 Å². The Hall–Kier alpha value is -1.80. The molecule has 0 radical (unpaired) electrons. The summed E-state index contributed by atoms with van der Waals surface area (Å²) in [6.07, 6.45) is 7.85. The number of aliphatic carboxylic acids is 1. The topological polar surface area (TPSA) is 92.7 Å². The Labute approximate surface area is 196 Å². The predicted molar refractivity (Wildman–Crippen MR) is 121 cm³/mol. The zero-order chi connectivity index (χ0) is 25.0. The molecule has 0 aromatic heterocycles. The molecule has 0 rings (SSSR count). The maximum absolute atomic E-state index is 12.6. The zero-order valence-electron chi connectivity index (χ0n) is 20.0. The van der Waals surface area contributed by atoms with E-state index in [1.165, 1.54) is 19.3 Å². The molecule has 0 saturated carbocycles. The third kappa shape index (κ3) is 20.5. The quantitative estimate of drug-likeness (QED) is 0.148. The number of esters is 1. The summed E-state index contributed by atoms with van der Waals surface area (Å²) < 4.78 is 42.4. The summed E-state index contributed by atoms with van der Waals surface area (Å²) in [5.41, 5.74) is 0. The van der Waals surface area contributed by atoms with E-state index in [-0.39, 0.29) is 18.9 Å². The Morgan fingerprint density at radius 3 is 1.76 bits per heavy atom. The van der Waals surface area contributed by atoms with Crippen LogP contribution in [-0.4, -0.2) is 41.8 Å². The van der Waals surface area contributed by atoms with Crippen LogP contribution in [0.1, 0.15) is 116 Å². The summed E-state index contributed by atoms with van der Waals surface area (Å²) in [5.74, 6) is -3.21. The smallest absolute Gasteiger partial charge is 0.481 e. The molecule has 0 aromatic rings. The van der Waals surface area contributed by atoms with Crippen LogP contribution >= 0.6 is 0 Å². The molecule has 0 aromatic carbocycles. The van der Waals surface area contributed by atoms with Crippen molar-refractivity contribution in [2.45, 2.75) is 128 Å². The van der Waals surface area contributed by atoms with Crippen molar-refractivity contribution < 1.29 is 37.4 Å². The Balaban J connectivity index is 3.98. The second kappa shape index (κ2) is 19.6. The summed E-state index contributed by atoms with van der Waals surface area (Å²) in [7, 11) is 0. The van der Waals surface area contributed by atoms with E-state index >= 15 is 0 Å². The van der Waals surface area contributed by atoms with Crippen molar-refractivity contribution in [3.63, 3.8) is 0 Å². The van der Waals surface area contributed by atoms with Gasteiger partial charge in [-0.3, -0.25) is 9.59 Å². The first-order valence-corrected chi connectivity index (χ1v) is 12.4. The molecule has 9 heteroatoms. The fourth-order valence-electron chi connectivity index (χ4n) is 3.57. The Morgan fingerprint density at radius 1 is 0.788 bits per heavy atom. The van der Waals surface area contributed by atoms with Gasteiger partial charge < -0.3 is 15.2 Å². The van der Waals surface area contributed by atoms with E-state index in [2.05, 4.69) is 12.2 Å². The molecule has 1 unspecified atom stereocenters. The molecule has 0 saturated heterocycles. The van der Waals surface area contributed by atoms with Crippen LogP contribution in [0.2, 0.25) is 0 Å². The van der Waals surface area contributed by atoms with Crippen LogP contribution in [0.5, 0.6) is 0 Å². The molecule has 0 fully saturated rings. The fraction of sp³-hybridized carbons (Fsp3) is 0.875. The lowest BCUT2D eigenvalue weighted by Gasteiger charge is -2.19. The van der Waals surface area contributed by atoms with Gasteiger partial charge in [0.2, 0.25) is 5.91 Å². The van der Waals surface area contributed by atoms with E-state index in [9.17, 15) is 27.6 Å². The van der Waals surface area contributed by atoms with Gasteiger partial charge in [0.1, 0.15) is 6.10 Å². The van der Waals surface area contributed by atoms with Crippen LogP contribution in [0, 0.1) is 0 Å². The number of unbranched alkanes of at least 4 members (excludes halogenated alkanes) is 11. The van der Waals surface area contributed by atoms with E-state index in [0.717, 1.165) is 51.4 Å². The highest BCUT2D eigenvalue weighted by Gasteiger charge is 2.42. The van der Waals surface area contributed by atoms with Gasteiger partial charge in [-0.1, -0.05) is 71.1 Å². The maximum atomic E-state index is 12.6. The molecule has 2 N–H and O–H groups in total. The molecule has 33 heavy (non-hydrogen) atoms. The molecule has 194 valence electrons. The number of carbonyl (C=O) groups is 3. The van der Waals surface area contributed by atoms with Crippen LogP contribution in [0.4, 0.5) is 13.2 Å². The lowest BCUT2D eigenvalue weighted by atomic mass is 10.0. The minimum absolute atomic E-state index is 0.0933. The minimum atomic E-state index is -4.96. The highest BCUT2D eigenvalue weighted by atomic mass is 19.4. The van der Waals surface area contributed by atoms with E-state index in [0.29, 0.717) is 32.1 Å². The largest absolute Gasteiger partial charge is 0.490 e. The van der Waals surface area contributed by atoms with Crippen molar-refractivity contribution in [1.82, 2.24) is 5.32 Å². The molecule has 1 amide bonds. The zero-order valence-corrected chi connectivity index (χ0v) is 20.0. The van der Waals surface area contributed by atoms with Gasteiger partial charge in [-0.2, -0.15) is 13.2 Å². The molecule has 1 atom stereocenters. The number of hydrogen-bond donors (Lipinski definition) is 2. The maximum Gasteiger partial charge on any atom is 0.490 e. The van der Waals surface area contributed by atoms with Crippen LogP contribution in [0.15, 0.2) is 0 Å². The SMILES string of the molecule is CCCCCCCCCC(CCCCCCCCC(=O)NCCC(=O)O)OC(=O)C(F)(F)F. The average molecular weight is 482 g/mol. The van der Waals surface area contributed by atoms with Gasteiger partial charge in [0.15, 0.2) is 0 Å². The number of nitrogens with one attached hydrogen (secondary N) is 1. The first kappa shape index (κ1) is 31.2. The summed E-state index contributed by atoms with van der Waals surface area (Å²) >= 11 is 0. The lowest BCUT2D eigenvalue weighted by Crippen LogP contribution is -2.30. The second-order valence-electron chi connectivity index (χ2n) is 8.59. The normalized spacial score (nSPS) is 12.4. The standard InChI is InChI=1S/C24H42F3NO5/c1-2-3-4-5-6-9-12-15-20(33-23(32)24(25,26)27)16-13-10-7-8-11-14-17-21(29)28-19-18-22(30)31/h20H,2-19H2,1H3,(H,28,29)(H,30,31). The van der Waals surface area contributed by atoms with Crippen LogP contribution in [-0.2, 0) is 19.1 Å². The highest BCUT2D eigenvalue weighted by molar-refractivity contribution is 5.76. The van der Waals surface area contributed by atoms with Crippen molar-refractivity contribution in [3.05, 3.63) is 0 Å². The average Bonchev–Trinajstić information content (AvgIpc) is 2.73. The fourth-order valence-corrected chi connectivity index (χ4v) is 3.57. The number of carboxylic acid groups (broad SMARTS) is 1. The Bertz CT molecular complexity index is 541. The van der Waals surface area contributed by atoms with Gasteiger partial charge in [-0.25, -0.2) is 4.79 Å². The number of carboxylic acids is 1. The van der Waals surface area contributed by atoms with E-state index < -0.39 is 24.2 Å². The number of hydrogen-bond acceptors (Lipinski definition) is 4. The number of carbonyl (C=O) groups excluding carboxylic acids is 2. The van der Waals surface area contributed by atoms with Gasteiger partial charge >= 0.3 is 18.1 Å². The molecule has 6 nitrogen and oxygen atoms in total. The van der Waals surface area contributed by atoms with Crippen molar-refractivity contribution >= 4 is 17.8 Å². The van der Waals surface area contributed by atoms with Crippen molar-refractivity contribution in [1.29, 1.82) is 0 Å². The molecule has 0 aliphatic heterocycles. The van der Waals surface area contributed by atoms with Gasteiger partial charge in [-0.05, 0) is 32.1 Å². The first-order chi connectivity index (χ1) is 15.7. The van der Waals surface area contributed by atoms with Gasteiger partial charge in [0.05, 0.1) is 6.42 Å². The van der Waals surface area contributed by atoms with Crippen LogP contribution in [0.25, 0.3) is 0 Å². The van der Waals surface area contributed by atoms with Crippen molar-refractivity contribution in [3.8, 4) is 0 Å². The van der Waals surface area contributed by atoms with Gasteiger partial charge in [-0.15, -0.1) is 0 Å².